The lowest BCUT2D eigenvalue weighted by atomic mass is 9.54. The number of anilines is 1. The predicted octanol–water partition coefficient (Wildman–Crippen LogP) is 3.68. The number of hydrogen-bond acceptors (Lipinski definition) is 6. The van der Waals surface area contributed by atoms with Gasteiger partial charge in [0.05, 0.1) is 10.9 Å². The van der Waals surface area contributed by atoms with Gasteiger partial charge in [0.1, 0.15) is 11.9 Å². The zero-order chi connectivity index (χ0) is 25.5. The Morgan fingerprint density at radius 3 is 2.43 bits per heavy atom. The fourth-order valence-electron chi connectivity index (χ4n) is 7.97. The minimum atomic E-state index is -0.711. The number of fused-ring (bicyclic) bond motifs is 1. The molecule has 1 aromatic carbocycles. The van der Waals surface area contributed by atoms with E-state index >= 15 is 0 Å². The summed E-state index contributed by atoms with van der Waals surface area (Å²) in [6.07, 6.45) is 11.2. The third-order valence-electron chi connectivity index (χ3n) is 9.40. The minimum Gasteiger partial charge on any atom is -0.384 e. The van der Waals surface area contributed by atoms with Gasteiger partial charge in [-0.1, -0.05) is 12.5 Å². The Morgan fingerprint density at radius 2 is 1.70 bits per heavy atom. The second kappa shape index (κ2) is 10.2. The Balaban J connectivity index is 1.04. The minimum absolute atomic E-state index is 0.220. The molecule has 198 valence electrons. The van der Waals surface area contributed by atoms with Crippen LogP contribution in [0.2, 0.25) is 0 Å². The highest BCUT2D eigenvalue weighted by Gasteiger charge is 2.47. The van der Waals surface area contributed by atoms with Crippen LogP contribution < -0.4 is 21.5 Å². The largest absolute Gasteiger partial charge is 0.384 e. The predicted molar refractivity (Wildman–Crippen MR) is 143 cm³/mol. The second-order valence-corrected chi connectivity index (χ2v) is 11.9. The molecule has 4 aliphatic carbocycles. The number of amides is 2. The molecule has 7 rings (SSSR count). The smallest absolute Gasteiger partial charge is 0.264 e. The summed E-state index contributed by atoms with van der Waals surface area (Å²) < 4.78 is 1.45. The van der Waals surface area contributed by atoms with E-state index in [1.807, 2.05) is 18.2 Å². The third-order valence-corrected chi connectivity index (χ3v) is 9.40. The number of nitrogens with one attached hydrogen (secondary N) is 3. The first kappa shape index (κ1) is 24.6. The van der Waals surface area contributed by atoms with Gasteiger partial charge in [0.2, 0.25) is 11.8 Å². The highest BCUT2D eigenvalue weighted by molar-refractivity contribution is 5.99. The van der Waals surface area contributed by atoms with E-state index in [1.54, 1.807) is 6.92 Å². The van der Waals surface area contributed by atoms with Gasteiger partial charge >= 0.3 is 0 Å². The van der Waals surface area contributed by atoms with Gasteiger partial charge in [-0.25, -0.2) is 4.98 Å². The number of benzene rings is 1. The van der Waals surface area contributed by atoms with Gasteiger partial charge < -0.3 is 10.6 Å². The van der Waals surface area contributed by atoms with Crippen molar-refractivity contribution in [2.24, 2.45) is 23.7 Å². The van der Waals surface area contributed by atoms with E-state index in [1.165, 1.54) is 43.1 Å². The van der Waals surface area contributed by atoms with Crippen LogP contribution in [0.25, 0.3) is 10.9 Å². The zero-order valence-corrected chi connectivity index (χ0v) is 21.8. The second-order valence-electron chi connectivity index (χ2n) is 11.9. The molecule has 0 radical (unpaired) electrons. The van der Waals surface area contributed by atoms with Crippen LogP contribution in [-0.4, -0.2) is 40.5 Å². The van der Waals surface area contributed by atoms with Crippen LogP contribution >= 0.6 is 0 Å². The Hall–Kier alpha value is -2.74. The van der Waals surface area contributed by atoms with Crippen molar-refractivity contribution in [1.82, 2.24) is 20.2 Å². The number of imide groups is 1. The zero-order valence-electron chi connectivity index (χ0n) is 21.8. The molecule has 37 heavy (non-hydrogen) atoms. The van der Waals surface area contributed by atoms with Crippen molar-refractivity contribution in [2.45, 2.75) is 83.2 Å². The fraction of sp³-hybridized carbons (Fsp3) is 0.655. The molecule has 3 N–H and O–H groups in total. The number of aromatic nitrogens is 2. The third kappa shape index (κ3) is 4.80. The van der Waals surface area contributed by atoms with Crippen molar-refractivity contribution in [3.63, 3.8) is 0 Å². The van der Waals surface area contributed by atoms with Crippen molar-refractivity contribution in [3.8, 4) is 0 Å². The van der Waals surface area contributed by atoms with Gasteiger partial charge in [0, 0.05) is 24.7 Å². The van der Waals surface area contributed by atoms with Crippen molar-refractivity contribution in [3.05, 3.63) is 34.4 Å². The molecule has 2 aromatic rings. The highest BCUT2D eigenvalue weighted by atomic mass is 16.2. The lowest BCUT2D eigenvalue weighted by molar-refractivity contribution is -0.135. The van der Waals surface area contributed by atoms with Gasteiger partial charge in [0.15, 0.2) is 0 Å². The molecule has 4 saturated carbocycles. The van der Waals surface area contributed by atoms with Crippen molar-refractivity contribution >= 4 is 28.4 Å². The Morgan fingerprint density at radius 1 is 0.973 bits per heavy atom. The van der Waals surface area contributed by atoms with Gasteiger partial charge in [-0.3, -0.25) is 24.3 Å². The van der Waals surface area contributed by atoms with Gasteiger partial charge in [-0.2, -0.15) is 0 Å². The van der Waals surface area contributed by atoms with Crippen molar-refractivity contribution < 1.29 is 9.59 Å². The number of nitrogens with zero attached hydrogens (tertiary/aromatic N) is 2. The summed E-state index contributed by atoms with van der Waals surface area (Å²) in [5.74, 6) is 3.64. The Kier molecular flexibility index (Phi) is 6.78. The molecule has 8 heteroatoms. The van der Waals surface area contributed by atoms with Crippen molar-refractivity contribution in [2.75, 3.05) is 18.4 Å². The molecule has 5 aliphatic rings. The molecule has 1 saturated heterocycles. The Bertz CT molecular complexity index is 1230. The molecule has 4 bridgehead atoms. The highest BCUT2D eigenvalue weighted by Crippen LogP contribution is 2.53. The average molecular weight is 506 g/mol. The molecule has 5 fully saturated rings. The maximum absolute atomic E-state index is 13.5. The summed E-state index contributed by atoms with van der Waals surface area (Å²) in [6, 6.07) is 5.69. The normalized spacial score (nSPS) is 30.6. The number of carbonyl (C=O) groups excluding carboxylic acids is 2. The van der Waals surface area contributed by atoms with E-state index in [4.69, 9.17) is 0 Å². The van der Waals surface area contributed by atoms with E-state index in [0.29, 0.717) is 23.1 Å². The number of piperidine rings is 1. The van der Waals surface area contributed by atoms with Crippen LogP contribution in [0.4, 0.5) is 5.69 Å². The molecule has 0 spiro atoms. The first-order chi connectivity index (χ1) is 18.0. The van der Waals surface area contributed by atoms with Crippen LogP contribution in [0.3, 0.4) is 0 Å². The maximum Gasteiger partial charge on any atom is 0.264 e. The molecular weight excluding hydrogens is 466 g/mol. The fourth-order valence-corrected chi connectivity index (χ4v) is 7.97. The number of unbranched alkanes of at least 4 members (excludes halogenated alkanes) is 2. The van der Waals surface area contributed by atoms with E-state index in [2.05, 4.69) is 20.9 Å². The molecular formula is C29H39N5O3. The summed E-state index contributed by atoms with van der Waals surface area (Å²) in [5, 5.41) is 10.2. The van der Waals surface area contributed by atoms with Crippen molar-refractivity contribution in [1.29, 1.82) is 0 Å². The number of aryl methyl sites for hydroxylation is 1. The number of carbonyl (C=O) groups is 2. The molecule has 1 unspecified atom stereocenters. The SMILES string of the molecule is Cc1nc2cccc(NCCCCCNC3C4CC5CC(C4)CC3C5)c2c(=O)n1C1CCC(=O)NC1=O. The molecule has 1 aromatic heterocycles. The summed E-state index contributed by atoms with van der Waals surface area (Å²) in [6.45, 7) is 3.62. The molecule has 1 aliphatic heterocycles. The quantitative estimate of drug-likeness (QED) is 0.355. The van der Waals surface area contributed by atoms with Crippen LogP contribution in [0.5, 0.6) is 0 Å². The molecule has 2 heterocycles. The van der Waals surface area contributed by atoms with E-state index in [9.17, 15) is 14.4 Å². The van der Waals surface area contributed by atoms with Crippen LogP contribution in [0.1, 0.15) is 76.1 Å². The topological polar surface area (TPSA) is 105 Å². The van der Waals surface area contributed by atoms with Gasteiger partial charge in [-0.15, -0.1) is 0 Å². The number of rotatable bonds is 9. The first-order valence-electron chi connectivity index (χ1n) is 14.3. The lowest BCUT2D eigenvalue weighted by Gasteiger charge is -2.54. The average Bonchev–Trinajstić information content (AvgIpc) is 2.85. The number of hydrogen-bond donors (Lipinski definition) is 3. The Labute approximate surface area is 218 Å². The first-order valence-corrected chi connectivity index (χ1v) is 14.3. The summed E-state index contributed by atoms with van der Waals surface area (Å²) in [5.41, 5.74) is 1.14. The summed E-state index contributed by atoms with van der Waals surface area (Å²) in [7, 11) is 0. The summed E-state index contributed by atoms with van der Waals surface area (Å²) in [4.78, 5) is 42.2. The summed E-state index contributed by atoms with van der Waals surface area (Å²) >= 11 is 0. The van der Waals surface area contributed by atoms with Gasteiger partial charge in [-0.05, 0) is 101 Å². The maximum atomic E-state index is 13.5. The van der Waals surface area contributed by atoms with E-state index in [0.717, 1.165) is 61.3 Å². The van der Waals surface area contributed by atoms with E-state index < -0.39 is 11.9 Å². The molecule has 2 amide bonds. The molecule has 1 atom stereocenters. The van der Waals surface area contributed by atoms with Crippen LogP contribution in [-0.2, 0) is 9.59 Å². The van der Waals surface area contributed by atoms with Crippen LogP contribution in [0, 0.1) is 30.6 Å². The van der Waals surface area contributed by atoms with E-state index in [-0.39, 0.29) is 17.9 Å². The standard InChI is InChI=1S/C29H39N5O3/c1-17-32-23-7-5-6-22(26(23)29(37)34(17)24-8-9-25(35)33-28(24)36)30-10-3-2-4-11-31-27-20-13-18-12-19(15-20)16-21(27)14-18/h5-7,18-21,24,27,30-31H,2-4,8-16H2,1H3,(H,33,35,36). The van der Waals surface area contributed by atoms with Crippen LogP contribution in [0.15, 0.2) is 23.0 Å². The molecule has 8 nitrogen and oxygen atoms in total. The monoisotopic (exact) mass is 505 g/mol. The van der Waals surface area contributed by atoms with Gasteiger partial charge in [0.25, 0.3) is 5.56 Å². The lowest BCUT2D eigenvalue weighted by Crippen LogP contribution is -2.54.